The second-order valence-electron chi connectivity index (χ2n) is 3.81. The highest BCUT2D eigenvalue weighted by Crippen LogP contribution is 2.20. The molecular formula is C12H14F3NO. The number of carbonyl (C=O) groups excluding carboxylic acids is 1. The number of hydrogen-bond acceptors (Lipinski definition) is 1. The topological polar surface area (TPSA) is 20.3 Å². The van der Waals surface area contributed by atoms with Gasteiger partial charge in [-0.2, -0.15) is 13.2 Å². The molecule has 0 unspecified atom stereocenters. The van der Waals surface area contributed by atoms with Crippen LogP contribution >= 0.6 is 0 Å². The molecule has 0 radical (unpaired) electrons. The Labute approximate surface area is 98.0 Å². The quantitative estimate of drug-likeness (QED) is 0.801. The molecule has 0 aliphatic rings. The molecule has 17 heavy (non-hydrogen) atoms. The van der Waals surface area contributed by atoms with Crippen LogP contribution in [0.4, 0.5) is 13.2 Å². The number of amides is 1. The summed E-state index contributed by atoms with van der Waals surface area (Å²) in [7, 11) is 0. The average Bonchev–Trinajstić information content (AvgIpc) is 2.24. The van der Waals surface area contributed by atoms with Crippen LogP contribution in [0.15, 0.2) is 24.3 Å². The summed E-state index contributed by atoms with van der Waals surface area (Å²) in [5, 5.41) is 0. The number of halogens is 3. The first-order valence-electron chi connectivity index (χ1n) is 5.26. The van der Waals surface area contributed by atoms with Crippen LogP contribution in [0.3, 0.4) is 0 Å². The van der Waals surface area contributed by atoms with Crippen molar-refractivity contribution in [2.24, 2.45) is 0 Å². The van der Waals surface area contributed by atoms with E-state index in [2.05, 4.69) is 0 Å². The highest BCUT2D eigenvalue weighted by atomic mass is 19.4. The molecule has 0 heterocycles. The smallest absolute Gasteiger partial charge is 0.331 e. The number of alkyl halides is 3. The van der Waals surface area contributed by atoms with E-state index in [0.29, 0.717) is 5.56 Å². The molecule has 0 spiro atoms. The Morgan fingerprint density at radius 1 is 1.35 bits per heavy atom. The second kappa shape index (κ2) is 5.21. The van der Waals surface area contributed by atoms with E-state index >= 15 is 0 Å². The van der Waals surface area contributed by atoms with Crippen molar-refractivity contribution in [3.63, 3.8) is 0 Å². The largest absolute Gasteiger partial charge is 0.471 e. The second-order valence-corrected chi connectivity index (χ2v) is 3.81. The van der Waals surface area contributed by atoms with Gasteiger partial charge in [-0.3, -0.25) is 4.79 Å². The summed E-state index contributed by atoms with van der Waals surface area (Å²) in [5.74, 6) is -1.79. The number of carbonyl (C=O) groups is 1. The maximum Gasteiger partial charge on any atom is 0.471 e. The summed E-state index contributed by atoms with van der Waals surface area (Å²) < 4.78 is 36.8. The van der Waals surface area contributed by atoms with Gasteiger partial charge < -0.3 is 4.90 Å². The van der Waals surface area contributed by atoms with Crippen LogP contribution in [0.5, 0.6) is 0 Å². The van der Waals surface area contributed by atoms with Crippen molar-refractivity contribution in [2.75, 3.05) is 6.54 Å². The van der Waals surface area contributed by atoms with Gasteiger partial charge in [-0.1, -0.05) is 29.8 Å². The zero-order valence-corrected chi connectivity index (χ0v) is 9.71. The zero-order chi connectivity index (χ0) is 13.1. The third-order valence-electron chi connectivity index (χ3n) is 2.37. The normalized spacial score (nSPS) is 11.4. The SMILES string of the molecule is CCN(Cc1cccc(C)c1)C(=O)C(F)(F)F. The predicted octanol–water partition coefficient (Wildman–Crippen LogP) is 2.91. The van der Waals surface area contributed by atoms with Crippen LogP contribution in [0.1, 0.15) is 18.1 Å². The lowest BCUT2D eigenvalue weighted by Gasteiger charge is -2.22. The van der Waals surface area contributed by atoms with E-state index in [9.17, 15) is 18.0 Å². The predicted molar refractivity (Wildman–Crippen MR) is 58.3 cm³/mol. The first kappa shape index (κ1) is 13.5. The third-order valence-corrected chi connectivity index (χ3v) is 2.37. The molecule has 0 fully saturated rings. The van der Waals surface area contributed by atoms with E-state index in [1.807, 2.05) is 13.0 Å². The van der Waals surface area contributed by atoms with Gasteiger partial charge >= 0.3 is 12.1 Å². The first-order valence-corrected chi connectivity index (χ1v) is 5.26. The van der Waals surface area contributed by atoms with E-state index in [1.165, 1.54) is 6.92 Å². The maximum atomic E-state index is 12.3. The molecule has 0 saturated heterocycles. The van der Waals surface area contributed by atoms with Crippen molar-refractivity contribution in [1.82, 2.24) is 4.90 Å². The summed E-state index contributed by atoms with van der Waals surface area (Å²) in [4.78, 5) is 11.9. The molecule has 2 nitrogen and oxygen atoms in total. The Kier molecular flexibility index (Phi) is 4.15. The van der Waals surface area contributed by atoms with Gasteiger partial charge in [-0.15, -0.1) is 0 Å². The molecule has 0 N–H and O–H groups in total. The monoisotopic (exact) mass is 245 g/mol. The van der Waals surface area contributed by atoms with Crippen LogP contribution < -0.4 is 0 Å². The van der Waals surface area contributed by atoms with Crippen molar-refractivity contribution in [3.05, 3.63) is 35.4 Å². The van der Waals surface area contributed by atoms with Gasteiger partial charge in [0.1, 0.15) is 0 Å². The van der Waals surface area contributed by atoms with E-state index in [4.69, 9.17) is 0 Å². The molecule has 1 aromatic rings. The lowest BCUT2D eigenvalue weighted by molar-refractivity contribution is -0.185. The van der Waals surface area contributed by atoms with E-state index in [-0.39, 0.29) is 13.1 Å². The minimum Gasteiger partial charge on any atom is -0.331 e. The summed E-state index contributed by atoms with van der Waals surface area (Å²) in [5.41, 5.74) is 1.66. The van der Waals surface area contributed by atoms with E-state index in [0.717, 1.165) is 10.5 Å². The van der Waals surface area contributed by atoms with Gasteiger partial charge in [0.2, 0.25) is 0 Å². The van der Waals surface area contributed by atoms with Crippen LogP contribution in [0.25, 0.3) is 0 Å². The molecule has 1 aromatic carbocycles. The van der Waals surface area contributed by atoms with Gasteiger partial charge in [0.15, 0.2) is 0 Å². The van der Waals surface area contributed by atoms with Crippen LogP contribution in [-0.4, -0.2) is 23.5 Å². The summed E-state index contributed by atoms with van der Waals surface area (Å²) in [6, 6.07) is 7.09. The first-order chi connectivity index (χ1) is 7.84. The zero-order valence-electron chi connectivity index (χ0n) is 9.71. The maximum absolute atomic E-state index is 12.3. The highest BCUT2D eigenvalue weighted by molar-refractivity contribution is 5.81. The summed E-state index contributed by atoms with van der Waals surface area (Å²) in [6.07, 6.45) is -4.81. The molecule has 0 atom stereocenters. The molecule has 1 amide bonds. The van der Waals surface area contributed by atoms with Crippen molar-refractivity contribution in [2.45, 2.75) is 26.6 Å². The van der Waals surface area contributed by atoms with Gasteiger partial charge in [0, 0.05) is 13.1 Å². The van der Waals surface area contributed by atoms with Crippen molar-refractivity contribution >= 4 is 5.91 Å². The van der Waals surface area contributed by atoms with Gasteiger partial charge in [0.05, 0.1) is 0 Å². The lowest BCUT2D eigenvalue weighted by atomic mass is 10.1. The van der Waals surface area contributed by atoms with Crippen LogP contribution in [0, 0.1) is 6.92 Å². The molecular weight excluding hydrogens is 231 g/mol. The standard InChI is InChI=1S/C12H14F3NO/c1-3-16(11(17)12(13,14)15)8-10-6-4-5-9(2)7-10/h4-7H,3,8H2,1-2H3. The Hall–Kier alpha value is -1.52. The van der Waals surface area contributed by atoms with Gasteiger partial charge in [-0.05, 0) is 19.4 Å². The third kappa shape index (κ3) is 3.76. The van der Waals surface area contributed by atoms with Gasteiger partial charge in [-0.25, -0.2) is 0 Å². The van der Waals surface area contributed by atoms with E-state index < -0.39 is 12.1 Å². The number of rotatable bonds is 3. The fourth-order valence-electron chi connectivity index (χ4n) is 1.54. The molecule has 5 heteroatoms. The molecule has 0 aromatic heterocycles. The molecule has 94 valence electrons. The average molecular weight is 245 g/mol. The van der Waals surface area contributed by atoms with Gasteiger partial charge in [0.25, 0.3) is 0 Å². The summed E-state index contributed by atoms with van der Waals surface area (Å²) in [6.45, 7) is 3.40. The minimum absolute atomic E-state index is 0.0173. The Morgan fingerprint density at radius 2 is 2.00 bits per heavy atom. The fraction of sp³-hybridized carbons (Fsp3) is 0.417. The van der Waals surface area contributed by atoms with Crippen molar-refractivity contribution in [3.8, 4) is 0 Å². The minimum atomic E-state index is -4.81. The Bertz CT molecular complexity index is 401. The van der Waals surface area contributed by atoms with E-state index in [1.54, 1.807) is 18.2 Å². The molecule has 0 aliphatic heterocycles. The van der Waals surface area contributed by atoms with Crippen LogP contribution in [0.2, 0.25) is 0 Å². The fourth-order valence-corrected chi connectivity index (χ4v) is 1.54. The number of benzene rings is 1. The molecule has 0 bridgehead atoms. The van der Waals surface area contributed by atoms with Crippen molar-refractivity contribution in [1.29, 1.82) is 0 Å². The van der Waals surface area contributed by atoms with Crippen molar-refractivity contribution < 1.29 is 18.0 Å². The summed E-state index contributed by atoms with van der Waals surface area (Å²) >= 11 is 0. The number of nitrogens with zero attached hydrogens (tertiary/aromatic N) is 1. The Balaban J connectivity index is 2.81. The molecule has 0 aliphatic carbocycles. The van der Waals surface area contributed by atoms with Crippen LogP contribution in [-0.2, 0) is 11.3 Å². The highest BCUT2D eigenvalue weighted by Gasteiger charge is 2.41. The molecule has 0 saturated carbocycles. The number of aryl methyl sites for hydroxylation is 1. The molecule has 1 rings (SSSR count). The Morgan fingerprint density at radius 3 is 2.47 bits per heavy atom. The number of hydrogen-bond donors (Lipinski definition) is 0. The lowest BCUT2D eigenvalue weighted by Crippen LogP contribution is -2.40.